The summed E-state index contributed by atoms with van der Waals surface area (Å²) in [5, 5.41) is 0.165. The first-order valence-electron chi connectivity index (χ1n) is 8.67. The Bertz CT molecular complexity index is 1050. The number of ether oxygens (including phenoxy) is 1. The Hall–Kier alpha value is -2.91. The van der Waals surface area contributed by atoms with Gasteiger partial charge in [0.25, 0.3) is 11.1 Å². The lowest BCUT2D eigenvalue weighted by Gasteiger charge is -2.27. The summed E-state index contributed by atoms with van der Waals surface area (Å²) < 4.78 is 10.4. The van der Waals surface area contributed by atoms with E-state index in [0.29, 0.717) is 49.0 Å². The molecular formula is C19H16N2O6S. The Kier molecular flexibility index (Phi) is 5.01. The van der Waals surface area contributed by atoms with Crippen molar-refractivity contribution in [3.63, 3.8) is 0 Å². The van der Waals surface area contributed by atoms with Gasteiger partial charge in [-0.25, -0.2) is 4.79 Å². The van der Waals surface area contributed by atoms with Gasteiger partial charge in [-0.1, -0.05) is 18.2 Å². The van der Waals surface area contributed by atoms with Gasteiger partial charge in [0.1, 0.15) is 12.1 Å². The van der Waals surface area contributed by atoms with Crippen LogP contribution >= 0.6 is 11.8 Å². The van der Waals surface area contributed by atoms with E-state index >= 15 is 0 Å². The van der Waals surface area contributed by atoms with Crippen molar-refractivity contribution in [2.75, 3.05) is 32.8 Å². The predicted molar refractivity (Wildman–Crippen MR) is 103 cm³/mol. The van der Waals surface area contributed by atoms with E-state index in [-0.39, 0.29) is 22.9 Å². The summed E-state index contributed by atoms with van der Waals surface area (Å²) in [4.78, 5) is 51.9. The van der Waals surface area contributed by atoms with Crippen molar-refractivity contribution in [2.45, 2.75) is 0 Å². The third-order valence-corrected chi connectivity index (χ3v) is 5.39. The van der Waals surface area contributed by atoms with Crippen molar-refractivity contribution >= 4 is 45.9 Å². The fraction of sp³-hybridized carbons (Fsp3) is 0.263. The molecule has 3 amide bonds. The van der Waals surface area contributed by atoms with Gasteiger partial charge in [0.2, 0.25) is 5.91 Å². The second kappa shape index (κ2) is 7.61. The molecule has 2 aliphatic rings. The maximum Gasteiger partial charge on any atom is 0.343 e. The fourth-order valence-electron chi connectivity index (χ4n) is 3.00. The number of imide groups is 1. The van der Waals surface area contributed by atoms with Gasteiger partial charge in [-0.2, -0.15) is 0 Å². The highest BCUT2D eigenvalue weighted by Gasteiger charge is 2.37. The van der Waals surface area contributed by atoms with E-state index in [0.717, 1.165) is 4.90 Å². The maximum atomic E-state index is 12.6. The summed E-state index contributed by atoms with van der Waals surface area (Å²) in [5.41, 5.74) is 0.00691. The van der Waals surface area contributed by atoms with E-state index in [9.17, 15) is 19.2 Å². The highest BCUT2D eigenvalue weighted by molar-refractivity contribution is 8.18. The lowest BCUT2D eigenvalue weighted by molar-refractivity contribution is -0.139. The van der Waals surface area contributed by atoms with Crippen molar-refractivity contribution in [3.8, 4) is 0 Å². The van der Waals surface area contributed by atoms with Crippen LogP contribution in [0.1, 0.15) is 5.56 Å². The van der Waals surface area contributed by atoms with Gasteiger partial charge >= 0.3 is 5.63 Å². The molecule has 2 saturated heterocycles. The summed E-state index contributed by atoms with van der Waals surface area (Å²) in [5.74, 6) is -0.902. The zero-order chi connectivity index (χ0) is 19.7. The van der Waals surface area contributed by atoms with Crippen LogP contribution in [0, 0.1) is 0 Å². The van der Waals surface area contributed by atoms with Gasteiger partial charge < -0.3 is 14.1 Å². The molecule has 1 aromatic carbocycles. The van der Waals surface area contributed by atoms with Gasteiger partial charge in [-0.3, -0.25) is 19.3 Å². The Morgan fingerprint density at radius 2 is 1.89 bits per heavy atom. The quantitative estimate of drug-likeness (QED) is 0.571. The molecule has 3 heterocycles. The molecule has 0 N–H and O–H groups in total. The Balaban J connectivity index is 1.56. The number of carbonyl (C=O) groups is 3. The van der Waals surface area contributed by atoms with Crippen LogP contribution in [0.25, 0.3) is 17.0 Å². The molecule has 1 aromatic heterocycles. The van der Waals surface area contributed by atoms with Crippen LogP contribution < -0.4 is 5.63 Å². The van der Waals surface area contributed by atoms with Crippen molar-refractivity contribution in [1.29, 1.82) is 0 Å². The highest BCUT2D eigenvalue weighted by Crippen LogP contribution is 2.32. The number of morpholine rings is 1. The molecule has 0 unspecified atom stereocenters. The van der Waals surface area contributed by atoms with Crippen molar-refractivity contribution in [3.05, 3.63) is 51.2 Å². The van der Waals surface area contributed by atoms with Crippen LogP contribution in [-0.4, -0.2) is 59.7 Å². The first-order valence-corrected chi connectivity index (χ1v) is 9.48. The van der Waals surface area contributed by atoms with Crippen LogP contribution in [0.15, 0.2) is 44.4 Å². The Labute approximate surface area is 163 Å². The van der Waals surface area contributed by atoms with Crippen molar-refractivity contribution in [2.24, 2.45) is 0 Å². The number of para-hydroxylation sites is 1. The summed E-state index contributed by atoms with van der Waals surface area (Å²) in [6.45, 7) is 1.41. The number of fused-ring (bicyclic) bond motifs is 1. The molecule has 4 rings (SSSR count). The van der Waals surface area contributed by atoms with Crippen LogP contribution in [0.2, 0.25) is 0 Å². The molecule has 8 nitrogen and oxygen atoms in total. The van der Waals surface area contributed by atoms with Crippen molar-refractivity contribution in [1.82, 2.24) is 9.80 Å². The minimum Gasteiger partial charge on any atom is -0.422 e. The number of benzene rings is 1. The lowest BCUT2D eigenvalue weighted by atomic mass is 10.2. The molecule has 0 aliphatic carbocycles. The monoisotopic (exact) mass is 400 g/mol. The number of rotatable bonds is 3. The van der Waals surface area contributed by atoms with Crippen LogP contribution in [0.5, 0.6) is 0 Å². The SMILES string of the molecule is O=C(CN1C(=O)S/C(=C/c2cc3ccccc3oc2=O)C1=O)N1CCOCC1. The Morgan fingerprint density at radius 3 is 2.68 bits per heavy atom. The highest BCUT2D eigenvalue weighted by atomic mass is 32.2. The predicted octanol–water partition coefficient (Wildman–Crippen LogP) is 1.69. The first-order chi connectivity index (χ1) is 13.5. The minimum absolute atomic E-state index is 0.0855. The number of nitrogens with zero attached hydrogens (tertiary/aromatic N) is 2. The number of carbonyl (C=O) groups excluding carboxylic acids is 3. The van der Waals surface area contributed by atoms with E-state index < -0.39 is 16.8 Å². The van der Waals surface area contributed by atoms with Gasteiger partial charge in [-0.05, 0) is 30.0 Å². The number of hydrogen-bond acceptors (Lipinski definition) is 7. The lowest BCUT2D eigenvalue weighted by Crippen LogP contribution is -2.46. The van der Waals surface area contributed by atoms with Crippen LogP contribution in [-0.2, 0) is 14.3 Å². The van der Waals surface area contributed by atoms with Gasteiger partial charge in [0.15, 0.2) is 0 Å². The van der Waals surface area contributed by atoms with E-state index in [1.54, 1.807) is 35.2 Å². The van der Waals surface area contributed by atoms with Crippen LogP contribution in [0.3, 0.4) is 0 Å². The zero-order valence-corrected chi connectivity index (χ0v) is 15.6. The van der Waals surface area contributed by atoms with Gasteiger partial charge in [0, 0.05) is 18.5 Å². The summed E-state index contributed by atoms with van der Waals surface area (Å²) in [6.07, 6.45) is 1.34. The second-order valence-corrected chi connectivity index (χ2v) is 7.28. The number of thioether (sulfide) groups is 1. The molecule has 0 saturated carbocycles. The second-order valence-electron chi connectivity index (χ2n) is 6.29. The molecule has 2 aromatic rings. The fourth-order valence-corrected chi connectivity index (χ4v) is 3.83. The van der Waals surface area contributed by atoms with E-state index in [1.165, 1.54) is 6.08 Å². The molecule has 9 heteroatoms. The molecule has 28 heavy (non-hydrogen) atoms. The van der Waals surface area contributed by atoms with Gasteiger partial charge in [-0.15, -0.1) is 0 Å². The average molecular weight is 400 g/mol. The van der Waals surface area contributed by atoms with Crippen molar-refractivity contribution < 1.29 is 23.5 Å². The van der Waals surface area contributed by atoms with Gasteiger partial charge in [0.05, 0.1) is 23.7 Å². The Morgan fingerprint density at radius 1 is 1.14 bits per heavy atom. The smallest absolute Gasteiger partial charge is 0.343 e. The standard InChI is InChI=1S/C19H16N2O6S/c22-16(20-5-7-26-8-6-20)11-21-17(23)15(28-19(21)25)10-13-9-12-3-1-2-4-14(12)27-18(13)24/h1-4,9-10H,5-8,11H2/b15-10+. The molecule has 0 atom stereocenters. The zero-order valence-electron chi connectivity index (χ0n) is 14.8. The molecular weight excluding hydrogens is 384 g/mol. The number of hydrogen-bond donors (Lipinski definition) is 0. The average Bonchev–Trinajstić information content (AvgIpc) is 2.96. The summed E-state index contributed by atoms with van der Waals surface area (Å²) in [7, 11) is 0. The first kappa shape index (κ1) is 18.5. The maximum absolute atomic E-state index is 12.6. The van der Waals surface area contributed by atoms with E-state index in [1.807, 2.05) is 0 Å². The topological polar surface area (TPSA) is 97.1 Å². The molecule has 144 valence electrons. The molecule has 0 spiro atoms. The molecule has 0 bridgehead atoms. The summed E-state index contributed by atoms with van der Waals surface area (Å²) in [6, 6.07) is 8.61. The summed E-state index contributed by atoms with van der Waals surface area (Å²) >= 11 is 0.702. The number of amides is 3. The molecule has 2 aliphatic heterocycles. The van der Waals surface area contributed by atoms with Crippen LogP contribution in [0.4, 0.5) is 4.79 Å². The van der Waals surface area contributed by atoms with E-state index in [4.69, 9.17) is 9.15 Å². The molecule has 2 fully saturated rings. The normalized spacial score (nSPS) is 19.1. The largest absolute Gasteiger partial charge is 0.422 e. The van der Waals surface area contributed by atoms with E-state index in [2.05, 4.69) is 0 Å². The third kappa shape index (κ3) is 3.58. The third-order valence-electron chi connectivity index (χ3n) is 4.49. The minimum atomic E-state index is -0.602. The molecule has 0 radical (unpaired) electrons.